The highest BCUT2D eigenvalue weighted by molar-refractivity contribution is 8.00. The molecule has 3 saturated heterocycles. The summed E-state index contributed by atoms with van der Waals surface area (Å²) in [5, 5.41) is 71.1. The average Bonchev–Trinajstić information content (AvgIpc) is 1.43. The van der Waals surface area contributed by atoms with Crippen LogP contribution in [-0.2, 0) is 112 Å². The van der Waals surface area contributed by atoms with Crippen molar-refractivity contribution >= 4 is 146 Å². The molecule has 3 aromatic carbocycles. The first-order valence-corrected chi connectivity index (χ1v) is 45.7. The number of primary amides is 3. The smallest absolute Gasteiger partial charge is 0.323 e. The van der Waals surface area contributed by atoms with Gasteiger partial charge in [0.1, 0.15) is 90.8 Å². The number of methoxy groups -OCH3 is 1. The Balaban J connectivity index is 1.10. The van der Waals surface area contributed by atoms with Gasteiger partial charge in [-0.3, -0.25) is 91.2 Å². The van der Waals surface area contributed by atoms with Crippen molar-refractivity contribution in [3.63, 3.8) is 0 Å². The molecule has 43 nitrogen and oxygen atoms in total. The van der Waals surface area contributed by atoms with Crippen LogP contribution in [0.1, 0.15) is 135 Å². The summed E-state index contributed by atoms with van der Waals surface area (Å²) in [6.07, 6.45) is -0.177. The Morgan fingerprint density at radius 2 is 1.19 bits per heavy atom. The van der Waals surface area contributed by atoms with Crippen molar-refractivity contribution in [2.24, 2.45) is 23.1 Å². The molecular weight excluding hydrogens is 1750 g/mol. The molecule has 6 heterocycles. The number of aromatic amines is 1. The van der Waals surface area contributed by atoms with E-state index in [4.69, 9.17) is 21.9 Å². The number of nitrogens with zero attached hydrogens (tertiary/aromatic N) is 6. The van der Waals surface area contributed by atoms with Crippen molar-refractivity contribution in [2.45, 2.75) is 235 Å². The van der Waals surface area contributed by atoms with Gasteiger partial charge in [-0.25, -0.2) is 0 Å². The number of hydrogen-bond acceptors (Lipinski definition) is 24. The van der Waals surface area contributed by atoms with Crippen molar-refractivity contribution in [1.29, 1.82) is 0 Å². The topological polar surface area (TPSA) is 633 Å². The van der Waals surface area contributed by atoms with Gasteiger partial charge in [-0.2, -0.15) is 0 Å². The minimum atomic E-state index is -1.98. The number of carboxylic acids is 1. The highest BCUT2D eigenvalue weighted by atomic mass is 32.2. The van der Waals surface area contributed by atoms with Gasteiger partial charge in [0.2, 0.25) is 94.5 Å². The molecule has 21 N–H and O–H groups in total. The first-order chi connectivity index (χ1) is 63.3. The summed E-state index contributed by atoms with van der Waals surface area (Å²) in [6, 6.07) is -3.95. The number of benzene rings is 3. The Morgan fingerprint density at radius 1 is 0.602 bits per heavy atom. The average molecular weight is 1870 g/mol. The third-order valence-electron chi connectivity index (χ3n) is 24.0. The number of rotatable bonds is 26. The number of H-pyrrole nitrogens is 1. The summed E-state index contributed by atoms with van der Waals surface area (Å²) in [7, 11) is 4.05. The first-order valence-electron chi connectivity index (χ1n) is 44.5. The van der Waals surface area contributed by atoms with Crippen LogP contribution in [0.3, 0.4) is 0 Å². The van der Waals surface area contributed by atoms with Crippen molar-refractivity contribution in [1.82, 2.24) is 82.3 Å². The van der Waals surface area contributed by atoms with Crippen LogP contribution >= 0.6 is 11.8 Å². The lowest BCUT2D eigenvalue weighted by Crippen LogP contribution is -2.62. The normalized spacial score (nSPS) is 25.2. The summed E-state index contributed by atoms with van der Waals surface area (Å²) >= 11 is 1.01. The van der Waals surface area contributed by atoms with Crippen LogP contribution in [0.2, 0.25) is 0 Å². The molecule has 0 aliphatic carbocycles. The number of carbonyl (C=O) groups excluding carboxylic acids is 17. The number of nitrogens with two attached hydrogens (primary N) is 3. The van der Waals surface area contributed by atoms with Crippen molar-refractivity contribution in [3.05, 3.63) is 95.8 Å². The van der Waals surface area contributed by atoms with Crippen LogP contribution in [0.4, 0.5) is 5.69 Å². The highest BCUT2D eigenvalue weighted by Crippen LogP contribution is 2.35. The number of carboxylic acid groups (broad SMARTS) is 1. The molecule has 4 aliphatic rings. The van der Waals surface area contributed by atoms with Crippen molar-refractivity contribution in [2.75, 3.05) is 77.0 Å². The Morgan fingerprint density at radius 3 is 1.83 bits per heavy atom. The Kier molecular flexibility index (Phi) is 37.9. The standard InChI is InChI=1S/C89H124N20O23S/c1-9-11-21-67-82(124)98-59(30-47(3)4)78(120)95-52(38-93-39-74(92)115)45-133-46-75(116)96-62-31-49-25-26-54(132-8)35-70(49)109(88(62)130)48(5)77(119)100-63(36-73(91)114)87(129)107-29-17-24-68(107)83(125)103-65(44-111)80(122)97-58(27-28-72(90)113)86(128)108-41-53(112)34-71(108)84(126)99-60(32-50-37-94-57-20-15-13-18-55(50)57)79(121)102-64(43-110)81(123)101-61(85(127)105(7)69(22-12-10-2)89(131)104(67)6)33-51-40-106(42-76(117)118)66-23-16-14-19-56(51)66/h13-16,18-20,23,25-26,35,37,40,47-48,52-53,58-65,67-69,71,93-94,110-112H,9-12,17,21-22,24,27-34,36,38-39,41-46H2,1-8H3,(H2,90,113)(H2,91,114)(H2,92,115)(H,95,120)(H,96,116)(H,97,122)(H,98,124)(H,99,126)(H,100,119)(H,101,123)(H,102,121)(H,103,125)(H,117,118)/t48-,52+,53+,58-,59-,60-,61-,62-,63-,64-,65-,67-,68-,69-,71-/m0/s1. The molecule has 15 atom stereocenters. The molecule has 2 bridgehead atoms. The molecular formula is C89H124N20O23S. The maximum atomic E-state index is 15.8. The number of hydrogen-bond donors (Lipinski definition) is 18. The molecule has 0 spiro atoms. The molecule has 0 saturated carbocycles. The molecule has 5 aromatic rings. The van der Waals surface area contributed by atoms with Crippen LogP contribution in [0.15, 0.2) is 79.1 Å². The lowest BCUT2D eigenvalue weighted by Gasteiger charge is -2.38. The van der Waals surface area contributed by atoms with E-state index in [2.05, 4.69) is 58.2 Å². The van der Waals surface area contributed by atoms with E-state index >= 15 is 33.6 Å². The van der Waals surface area contributed by atoms with E-state index in [9.17, 15) is 73.2 Å². The van der Waals surface area contributed by atoms with Gasteiger partial charge in [-0.15, -0.1) is 11.8 Å². The number of aliphatic hydroxyl groups excluding tert-OH is 3. The number of aromatic nitrogens is 2. The van der Waals surface area contributed by atoms with Crippen LogP contribution in [-0.4, -0.2) is 319 Å². The minimum absolute atomic E-state index is 0.0254. The number of thioether (sulfide) groups is 1. The number of unbranched alkanes of at least 4 members (excludes halogenated alkanes) is 2. The second-order valence-electron chi connectivity index (χ2n) is 34.4. The lowest BCUT2D eigenvalue weighted by atomic mass is 9.95. The monoisotopic (exact) mass is 1870 g/mol. The van der Waals surface area contributed by atoms with Gasteiger partial charge < -0.3 is 125 Å². The fourth-order valence-electron chi connectivity index (χ4n) is 17.1. The first kappa shape index (κ1) is 104. The van der Waals surface area contributed by atoms with Crippen molar-refractivity contribution < 1.29 is 111 Å². The number of aliphatic hydroxyl groups is 3. The number of fused-ring (bicyclic) bond motifs is 8. The second-order valence-corrected chi connectivity index (χ2v) is 35.4. The maximum Gasteiger partial charge on any atom is 0.323 e. The van der Waals surface area contributed by atoms with Gasteiger partial charge in [0.25, 0.3) is 5.91 Å². The number of nitrogens with one attached hydrogen (secondary N) is 11. The number of para-hydroxylation sites is 2. The summed E-state index contributed by atoms with van der Waals surface area (Å²) in [4.78, 5) is 268. The predicted octanol–water partition coefficient (Wildman–Crippen LogP) is -3.68. The number of amides is 17. The Labute approximate surface area is 772 Å². The maximum absolute atomic E-state index is 15.8. The molecule has 17 amide bonds. The van der Waals surface area contributed by atoms with E-state index in [0.29, 0.717) is 64.2 Å². The zero-order valence-corrected chi connectivity index (χ0v) is 76.6. The molecule has 133 heavy (non-hydrogen) atoms. The summed E-state index contributed by atoms with van der Waals surface area (Å²) in [5.74, 6) is -18.0. The summed E-state index contributed by atoms with van der Waals surface area (Å²) < 4.78 is 6.91. The Bertz CT molecular complexity index is 5100. The van der Waals surface area contributed by atoms with Crippen molar-refractivity contribution in [3.8, 4) is 5.75 Å². The molecule has 0 unspecified atom stereocenters. The summed E-state index contributed by atoms with van der Waals surface area (Å²) in [5.41, 5.74) is 19.1. The van der Waals surface area contributed by atoms with Gasteiger partial charge in [0, 0.05) is 112 Å². The number of aliphatic carboxylic acids is 1. The fraction of sp³-hybridized carbons (Fsp3) is 0.551. The van der Waals surface area contributed by atoms with Gasteiger partial charge in [0.15, 0.2) is 0 Å². The number of anilines is 1. The van der Waals surface area contributed by atoms with Crippen LogP contribution in [0.25, 0.3) is 21.8 Å². The lowest BCUT2D eigenvalue weighted by molar-refractivity contribution is -0.149. The SMILES string of the molecule is CCCC[C@H]1C(=O)N(C)[C@@H](CCCC)C(=O)N[C@@H](CC(C)C)C(=O)N[C@H](CNCC(N)=O)CSCC(=O)N[C@H]2Cc3ccc(OC)cc3N(C2=O)[C@@H](C)C(=O)N[C@@H](CC(N)=O)C(=O)N2CCC[C@H]2C(=O)N[C@@H](CO)C(=O)N[C@@H](CCC(N)=O)C(=O)N2C[C@H](O)C[C@H]2C(=O)N[C@@H](Cc2c[nH]c3ccccc23)C(=O)N[C@@H](CO)C(=O)N[C@@H](Cc2cn(CC(=O)O)c3ccccc23)C(=O)N1C. The molecule has 3 fully saturated rings. The van der Waals surface area contributed by atoms with E-state index in [-0.39, 0.29) is 93.4 Å². The molecule has 724 valence electrons. The van der Waals surface area contributed by atoms with Gasteiger partial charge in [0.05, 0.1) is 56.9 Å². The van der Waals surface area contributed by atoms with E-state index in [0.717, 1.165) is 31.4 Å². The third-order valence-corrected chi connectivity index (χ3v) is 25.1. The molecule has 2 aromatic heterocycles. The predicted molar refractivity (Wildman–Crippen MR) is 485 cm³/mol. The minimum Gasteiger partial charge on any atom is -0.497 e. The number of ether oxygens (including phenoxy) is 1. The van der Waals surface area contributed by atoms with Crippen LogP contribution < -0.4 is 80.0 Å². The van der Waals surface area contributed by atoms with Crippen LogP contribution in [0, 0.1) is 5.92 Å². The largest absolute Gasteiger partial charge is 0.497 e. The van der Waals surface area contributed by atoms with Crippen LogP contribution in [0.5, 0.6) is 5.75 Å². The van der Waals surface area contributed by atoms with Gasteiger partial charge in [-0.05, 0) is 86.3 Å². The molecule has 44 heteroatoms. The van der Waals surface area contributed by atoms with E-state index in [1.165, 1.54) is 49.9 Å². The van der Waals surface area contributed by atoms with E-state index in [1.54, 1.807) is 80.7 Å². The Hall–Kier alpha value is -12.8. The third kappa shape index (κ3) is 27.5. The van der Waals surface area contributed by atoms with E-state index in [1.807, 2.05) is 13.8 Å². The van der Waals surface area contributed by atoms with Gasteiger partial charge in [-0.1, -0.05) is 95.8 Å². The fourth-order valence-corrected chi connectivity index (χ4v) is 18.0. The second kappa shape index (κ2) is 48.5. The number of carbonyl (C=O) groups is 18. The van der Waals surface area contributed by atoms with Gasteiger partial charge >= 0.3 is 5.97 Å². The number of likely N-dealkylation sites (N-methyl/N-ethyl adjacent to an activating group) is 2. The molecule has 0 radical (unpaired) electrons. The molecule has 9 rings (SSSR count). The van der Waals surface area contributed by atoms with E-state index < -0.39 is 255 Å². The zero-order valence-electron chi connectivity index (χ0n) is 75.8. The quantitative estimate of drug-likeness (QED) is 0.0254. The molecule has 4 aliphatic heterocycles. The summed E-state index contributed by atoms with van der Waals surface area (Å²) in [6.45, 7) is 4.47. The zero-order chi connectivity index (χ0) is 97.4. The highest BCUT2D eigenvalue weighted by Gasteiger charge is 2.48.